The Labute approximate surface area is 202 Å². The van der Waals surface area contributed by atoms with Crippen LogP contribution in [-0.2, 0) is 26.3 Å². The maximum Gasteiger partial charge on any atom is 0.304 e. The number of carbonyl (C=O) groups excluding carboxylic acids is 2. The summed E-state index contributed by atoms with van der Waals surface area (Å²) in [4.78, 5) is 27.4. The average molecular weight is 491 g/mol. The Bertz CT molecular complexity index is 1130. The van der Waals surface area contributed by atoms with Crippen LogP contribution >= 0.6 is 0 Å². The van der Waals surface area contributed by atoms with Crippen molar-refractivity contribution < 1.29 is 22.7 Å². The van der Waals surface area contributed by atoms with Gasteiger partial charge in [0, 0.05) is 27.7 Å². The van der Waals surface area contributed by atoms with Gasteiger partial charge in [-0.3, -0.25) is 9.59 Å². The maximum atomic E-state index is 13.6. The summed E-state index contributed by atoms with van der Waals surface area (Å²) >= 11 is 0. The van der Waals surface area contributed by atoms with Crippen molar-refractivity contribution in [3.63, 3.8) is 0 Å². The summed E-state index contributed by atoms with van der Waals surface area (Å²) in [5, 5.41) is 2.56. The molecule has 34 heavy (non-hydrogen) atoms. The topological polar surface area (TPSA) is 99.3 Å². The molecule has 9 nitrogen and oxygen atoms in total. The first-order valence-electron chi connectivity index (χ1n) is 10.8. The zero-order valence-corrected chi connectivity index (χ0v) is 21.6. The molecule has 1 N–H and O–H groups in total. The molecule has 10 heteroatoms. The summed E-state index contributed by atoms with van der Waals surface area (Å²) < 4.78 is 33.9. The monoisotopic (exact) mass is 490 g/mol. The molecule has 186 valence electrons. The molecule has 0 aliphatic carbocycles. The van der Waals surface area contributed by atoms with E-state index >= 15 is 0 Å². The lowest BCUT2D eigenvalue weighted by atomic mass is 10.1. The number of rotatable bonds is 10. The van der Waals surface area contributed by atoms with Crippen LogP contribution in [0.1, 0.15) is 23.6 Å². The molecule has 0 bridgehead atoms. The van der Waals surface area contributed by atoms with Crippen LogP contribution in [0.2, 0.25) is 0 Å². The molecule has 0 saturated heterocycles. The number of amides is 2. The summed E-state index contributed by atoms with van der Waals surface area (Å²) in [6, 6.07) is 11.8. The summed E-state index contributed by atoms with van der Waals surface area (Å²) in [6.45, 7) is 4.90. The lowest BCUT2D eigenvalue weighted by Crippen LogP contribution is -2.52. The SMILES string of the molecule is CNC(=O)[C@H](C)N(Cc1cccc(OC)c1)C(=O)CN(c1cc(C)ccc1C)S(=O)(=O)N(C)C. The Morgan fingerprint density at radius 3 is 2.35 bits per heavy atom. The molecule has 1 atom stereocenters. The van der Waals surface area contributed by atoms with E-state index in [4.69, 9.17) is 4.74 Å². The van der Waals surface area contributed by atoms with Crippen LogP contribution in [-0.4, -0.2) is 70.3 Å². The van der Waals surface area contributed by atoms with Crippen molar-refractivity contribution in [3.05, 3.63) is 59.2 Å². The van der Waals surface area contributed by atoms with Crippen LogP contribution in [0.25, 0.3) is 0 Å². The minimum absolute atomic E-state index is 0.104. The van der Waals surface area contributed by atoms with E-state index in [1.165, 1.54) is 26.0 Å². The number of ether oxygens (including phenoxy) is 1. The van der Waals surface area contributed by atoms with Crippen molar-refractivity contribution in [3.8, 4) is 5.75 Å². The van der Waals surface area contributed by atoms with Crippen LogP contribution in [0.15, 0.2) is 42.5 Å². The Morgan fingerprint density at radius 1 is 1.09 bits per heavy atom. The first-order valence-corrected chi connectivity index (χ1v) is 12.2. The van der Waals surface area contributed by atoms with Gasteiger partial charge < -0.3 is 15.0 Å². The number of anilines is 1. The third kappa shape index (κ3) is 6.27. The zero-order chi connectivity index (χ0) is 25.6. The number of carbonyl (C=O) groups is 2. The summed E-state index contributed by atoms with van der Waals surface area (Å²) in [5.41, 5.74) is 2.73. The van der Waals surface area contributed by atoms with Gasteiger partial charge in [-0.1, -0.05) is 24.3 Å². The molecular weight excluding hydrogens is 456 g/mol. The molecule has 2 aromatic rings. The van der Waals surface area contributed by atoms with Gasteiger partial charge in [-0.25, -0.2) is 4.31 Å². The van der Waals surface area contributed by atoms with E-state index in [1.54, 1.807) is 45.2 Å². The molecule has 0 radical (unpaired) electrons. The molecule has 0 aliphatic heterocycles. The highest BCUT2D eigenvalue weighted by molar-refractivity contribution is 7.90. The Kier molecular flexibility index (Phi) is 9.06. The number of hydrogen-bond acceptors (Lipinski definition) is 5. The van der Waals surface area contributed by atoms with Gasteiger partial charge in [0.1, 0.15) is 18.3 Å². The number of hydrogen-bond donors (Lipinski definition) is 1. The number of benzene rings is 2. The second kappa shape index (κ2) is 11.3. The minimum Gasteiger partial charge on any atom is -0.497 e. The van der Waals surface area contributed by atoms with Crippen molar-refractivity contribution >= 4 is 27.7 Å². The van der Waals surface area contributed by atoms with Gasteiger partial charge in [-0.05, 0) is 55.7 Å². The normalized spacial score (nSPS) is 12.2. The van der Waals surface area contributed by atoms with Crippen LogP contribution in [0, 0.1) is 13.8 Å². The van der Waals surface area contributed by atoms with E-state index in [2.05, 4.69) is 5.32 Å². The first-order chi connectivity index (χ1) is 15.9. The van der Waals surface area contributed by atoms with Gasteiger partial charge in [0.05, 0.1) is 12.8 Å². The van der Waals surface area contributed by atoms with E-state index in [1.807, 2.05) is 25.1 Å². The molecule has 2 aromatic carbocycles. The number of aryl methyl sites for hydroxylation is 2. The summed E-state index contributed by atoms with van der Waals surface area (Å²) in [7, 11) is 1.87. The van der Waals surface area contributed by atoms with Crippen molar-refractivity contribution in [2.75, 3.05) is 39.1 Å². The first kappa shape index (κ1) is 27.1. The van der Waals surface area contributed by atoms with Crippen molar-refractivity contribution in [2.45, 2.75) is 33.4 Å². The Balaban J connectivity index is 2.51. The van der Waals surface area contributed by atoms with Crippen molar-refractivity contribution in [2.24, 2.45) is 0 Å². The van der Waals surface area contributed by atoms with Crippen LogP contribution in [0.4, 0.5) is 5.69 Å². The van der Waals surface area contributed by atoms with Crippen LogP contribution < -0.4 is 14.4 Å². The van der Waals surface area contributed by atoms with Gasteiger partial charge in [-0.15, -0.1) is 0 Å². The lowest BCUT2D eigenvalue weighted by molar-refractivity contribution is -0.139. The quantitative estimate of drug-likeness (QED) is 0.550. The Morgan fingerprint density at radius 2 is 1.76 bits per heavy atom. The second-order valence-corrected chi connectivity index (χ2v) is 10.3. The standard InChI is InChI=1S/C24H34N4O5S/c1-17-11-12-18(2)22(13-17)28(34(31,32)26(5)6)16-23(29)27(19(3)24(30)25-4)15-20-9-8-10-21(14-20)33-7/h8-14,19H,15-16H2,1-7H3,(H,25,30)/t19-/m0/s1. The number of nitrogens with zero attached hydrogens (tertiary/aromatic N) is 3. The van der Waals surface area contributed by atoms with Crippen LogP contribution in [0.5, 0.6) is 5.75 Å². The minimum atomic E-state index is -4.00. The number of methoxy groups -OCH3 is 1. The van der Waals surface area contributed by atoms with E-state index in [0.717, 1.165) is 19.7 Å². The number of nitrogens with one attached hydrogen (secondary N) is 1. The van der Waals surface area contributed by atoms with Gasteiger partial charge in [-0.2, -0.15) is 12.7 Å². The molecule has 0 spiro atoms. The largest absolute Gasteiger partial charge is 0.497 e. The fourth-order valence-corrected chi connectivity index (χ4v) is 4.56. The molecular formula is C24H34N4O5S. The molecule has 0 saturated carbocycles. The maximum absolute atomic E-state index is 13.6. The third-order valence-corrected chi connectivity index (χ3v) is 7.36. The van der Waals surface area contributed by atoms with E-state index in [0.29, 0.717) is 17.0 Å². The van der Waals surface area contributed by atoms with Gasteiger partial charge in [0.2, 0.25) is 11.8 Å². The average Bonchev–Trinajstić information content (AvgIpc) is 2.81. The third-order valence-electron chi connectivity index (χ3n) is 5.55. The van der Waals surface area contributed by atoms with Crippen molar-refractivity contribution in [1.29, 1.82) is 0 Å². The highest BCUT2D eigenvalue weighted by Crippen LogP contribution is 2.26. The summed E-state index contributed by atoms with van der Waals surface area (Å²) in [6.07, 6.45) is 0. The van der Waals surface area contributed by atoms with Gasteiger partial charge in [0.25, 0.3) is 0 Å². The summed E-state index contributed by atoms with van der Waals surface area (Å²) in [5.74, 6) is -0.250. The fraction of sp³-hybridized carbons (Fsp3) is 0.417. The number of likely N-dealkylation sites (N-methyl/N-ethyl adjacent to an activating group) is 1. The molecule has 0 fully saturated rings. The highest BCUT2D eigenvalue weighted by Gasteiger charge is 2.33. The Hall–Kier alpha value is -3.11. The van der Waals surface area contributed by atoms with E-state index < -0.39 is 28.7 Å². The molecule has 0 unspecified atom stereocenters. The van der Waals surface area contributed by atoms with E-state index in [9.17, 15) is 18.0 Å². The van der Waals surface area contributed by atoms with Crippen LogP contribution in [0.3, 0.4) is 0 Å². The van der Waals surface area contributed by atoms with E-state index in [-0.39, 0.29) is 12.5 Å². The smallest absolute Gasteiger partial charge is 0.304 e. The molecule has 2 rings (SSSR count). The van der Waals surface area contributed by atoms with Crippen molar-refractivity contribution in [1.82, 2.24) is 14.5 Å². The second-order valence-electron chi connectivity index (χ2n) is 8.25. The van der Waals surface area contributed by atoms with Gasteiger partial charge >= 0.3 is 10.2 Å². The van der Waals surface area contributed by atoms with Gasteiger partial charge in [0.15, 0.2) is 0 Å². The molecule has 0 heterocycles. The predicted molar refractivity (Wildman–Crippen MR) is 133 cm³/mol. The fourth-order valence-electron chi connectivity index (χ4n) is 3.45. The lowest BCUT2D eigenvalue weighted by Gasteiger charge is -2.33. The molecule has 0 aliphatic rings. The highest BCUT2D eigenvalue weighted by atomic mass is 32.2. The molecule has 2 amide bonds. The predicted octanol–water partition coefficient (Wildman–Crippen LogP) is 2.09. The molecule has 0 aromatic heterocycles. The zero-order valence-electron chi connectivity index (χ0n) is 20.8.